The largest absolute Gasteiger partial charge is 0.497 e. The zero-order valence-corrected chi connectivity index (χ0v) is 12.4. The molecule has 2 nitrogen and oxygen atoms in total. The number of hydrogen-bond donors (Lipinski definition) is 0. The molecule has 0 aliphatic rings. The van der Waals surface area contributed by atoms with Crippen molar-refractivity contribution in [2.75, 3.05) is 7.11 Å². The Bertz CT molecular complexity index is 653. The highest BCUT2D eigenvalue weighted by Gasteiger charge is 2.00. The van der Waals surface area contributed by atoms with Crippen molar-refractivity contribution in [1.82, 2.24) is 0 Å². The third-order valence-electron chi connectivity index (χ3n) is 2.89. The molecule has 0 heterocycles. The van der Waals surface area contributed by atoms with Crippen molar-refractivity contribution in [3.05, 3.63) is 82.9 Å². The van der Waals surface area contributed by atoms with E-state index in [0.717, 1.165) is 11.3 Å². The van der Waals surface area contributed by atoms with E-state index in [1.54, 1.807) is 37.5 Å². The molecule has 2 aromatic rings. The van der Waals surface area contributed by atoms with Gasteiger partial charge in [0, 0.05) is 10.6 Å². The Balaban J connectivity index is 1.96. The monoisotopic (exact) mass is 298 g/mol. The molecular formula is C18H15ClO2. The lowest BCUT2D eigenvalue weighted by molar-refractivity contribution is 0.104. The van der Waals surface area contributed by atoms with Gasteiger partial charge in [0.15, 0.2) is 5.78 Å². The van der Waals surface area contributed by atoms with Gasteiger partial charge in [-0.05, 0) is 48.0 Å². The number of halogens is 1. The Kier molecular flexibility index (Phi) is 5.35. The lowest BCUT2D eigenvalue weighted by Gasteiger charge is -1.99. The topological polar surface area (TPSA) is 26.3 Å². The molecule has 106 valence electrons. The molecule has 0 unspecified atom stereocenters. The van der Waals surface area contributed by atoms with Gasteiger partial charge in [-0.2, -0.15) is 0 Å². The molecule has 2 rings (SSSR count). The Morgan fingerprint density at radius 3 is 2.29 bits per heavy atom. The minimum absolute atomic E-state index is 0.0431. The Hall–Kier alpha value is -2.32. The second kappa shape index (κ2) is 7.46. The molecule has 0 aliphatic carbocycles. The van der Waals surface area contributed by atoms with Crippen molar-refractivity contribution in [3.8, 4) is 5.75 Å². The molecule has 21 heavy (non-hydrogen) atoms. The second-order valence-electron chi connectivity index (χ2n) is 4.36. The van der Waals surface area contributed by atoms with Crippen LogP contribution in [0, 0.1) is 0 Å². The van der Waals surface area contributed by atoms with E-state index in [2.05, 4.69) is 0 Å². The molecule has 0 N–H and O–H groups in total. The number of allylic oxidation sites excluding steroid dienone is 3. The molecule has 0 aromatic heterocycles. The van der Waals surface area contributed by atoms with Crippen molar-refractivity contribution < 1.29 is 9.53 Å². The number of carbonyl (C=O) groups excluding carboxylic acids is 1. The van der Waals surface area contributed by atoms with E-state index < -0.39 is 0 Å². The summed E-state index contributed by atoms with van der Waals surface area (Å²) in [6, 6.07) is 14.5. The predicted octanol–water partition coefficient (Wildman–Crippen LogP) is 4.80. The van der Waals surface area contributed by atoms with Crippen LogP contribution in [0.15, 0.2) is 66.8 Å². The summed E-state index contributed by atoms with van der Waals surface area (Å²) in [5, 5.41) is 0.706. The minimum atomic E-state index is -0.0431. The molecule has 0 saturated carbocycles. The number of rotatable bonds is 5. The summed E-state index contributed by atoms with van der Waals surface area (Å²) in [6.45, 7) is 0. The number of carbonyl (C=O) groups is 1. The summed E-state index contributed by atoms with van der Waals surface area (Å²) in [5.74, 6) is 0.691. The average Bonchev–Trinajstić information content (AvgIpc) is 2.53. The first-order chi connectivity index (χ1) is 10.2. The van der Waals surface area contributed by atoms with E-state index in [4.69, 9.17) is 16.3 Å². The second-order valence-corrected chi connectivity index (χ2v) is 4.80. The van der Waals surface area contributed by atoms with Crippen LogP contribution in [0.3, 0.4) is 0 Å². The fourth-order valence-corrected chi connectivity index (χ4v) is 1.86. The zero-order valence-electron chi connectivity index (χ0n) is 11.6. The molecule has 0 spiro atoms. The van der Waals surface area contributed by atoms with Gasteiger partial charge < -0.3 is 4.74 Å². The van der Waals surface area contributed by atoms with E-state index in [-0.39, 0.29) is 5.78 Å². The number of ketones is 1. The average molecular weight is 299 g/mol. The lowest BCUT2D eigenvalue weighted by Crippen LogP contribution is -1.93. The van der Waals surface area contributed by atoms with Crippen molar-refractivity contribution in [1.29, 1.82) is 0 Å². The van der Waals surface area contributed by atoms with Crippen molar-refractivity contribution in [3.63, 3.8) is 0 Å². The highest BCUT2D eigenvalue weighted by Crippen LogP contribution is 2.12. The van der Waals surface area contributed by atoms with Gasteiger partial charge in [0.2, 0.25) is 0 Å². The van der Waals surface area contributed by atoms with Crippen LogP contribution < -0.4 is 4.74 Å². The lowest BCUT2D eigenvalue weighted by atomic mass is 10.1. The van der Waals surface area contributed by atoms with E-state index in [9.17, 15) is 4.79 Å². The fraction of sp³-hybridized carbons (Fsp3) is 0.0556. The van der Waals surface area contributed by atoms with Gasteiger partial charge in [0.1, 0.15) is 5.75 Å². The van der Waals surface area contributed by atoms with E-state index in [0.29, 0.717) is 10.6 Å². The third kappa shape index (κ3) is 4.62. The van der Waals surface area contributed by atoms with Crippen molar-refractivity contribution in [2.24, 2.45) is 0 Å². The summed E-state index contributed by atoms with van der Waals surface area (Å²) in [7, 11) is 1.60. The molecule has 0 amide bonds. The van der Waals surface area contributed by atoms with E-state index in [1.807, 2.05) is 36.4 Å². The molecule has 0 fully saturated rings. The van der Waals surface area contributed by atoms with Crippen LogP contribution in [0.1, 0.15) is 15.9 Å². The fourth-order valence-electron chi connectivity index (χ4n) is 1.74. The first kappa shape index (κ1) is 15.1. The maximum absolute atomic E-state index is 11.9. The molecule has 2 aromatic carbocycles. The standard InChI is InChI=1S/C18H15ClO2/c1-21-17-12-8-15(9-13-17)18(20)5-3-2-4-14-6-10-16(19)11-7-14/h2-13H,1H3. The first-order valence-corrected chi connectivity index (χ1v) is 6.85. The summed E-state index contributed by atoms with van der Waals surface area (Å²) in [5.41, 5.74) is 1.66. The highest BCUT2D eigenvalue weighted by atomic mass is 35.5. The van der Waals surface area contributed by atoms with Gasteiger partial charge in [-0.15, -0.1) is 0 Å². The summed E-state index contributed by atoms with van der Waals surface area (Å²) >= 11 is 5.81. The first-order valence-electron chi connectivity index (χ1n) is 6.48. The molecule has 0 atom stereocenters. The molecule has 3 heteroatoms. The van der Waals surface area contributed by atoms with Gasteiger partial charge in [-0.25, -0.2) is 0 Å². The van der Waals surface area contributed by atoms with Crippen LogP contribution in [0.4, 0.5) is 0 Å². The smallest absolute Gasteiger partial charge is 0.185 e. The summed E-state index contributed by atoms with van der Waals surface area (Å²) in [4.78, 5) is 11.9. The number of hydrogen-bond acceptors (Lipinski definition) is 2. The van der Waals surface area contributed by atoms with Crippen LogP contribution >= 0.6 is 11.6 Å². The maximum Gasteiger partial charge on any atom is 0.185 e. The van der Waals surface area contributed by atoms with Crippen molar-refractivity contribution >= 4 is 23.5 Å². The van der Waals surface area contributed by atoms with Crippen LogP contribution in [-0.2, 0) is 0 Å². The molecule has 0 saturated heterocycles. The van der Waals surface area contributed by atoms with Crippen LogP contribution in [-0.4, -0.2) is 12.9 Å². The minimum Gasteiger partial charge on any atom is -0.497 e. The SMILES string of the molecule is COc1ccc(C(=O)C=CC=Cc2ccc(Cl)cc2)cc1. The Morgan fingerprint density at radius 1 is 1.00 bits per heavy atom. The normalized spacial score (nSPS) is 11.1. The van der Waals surface area contributed by atoms with Gasteiger partial charge in [0.05, 0.1) is 7.11 Å². The van der Waals surface area contributed by atoms with Crippen LogP contribution in [0.2, 0.25) is 5.02 Å². The summed E-state index contributed by atoms with van der Waals surface area (Å²) < 4.78 is 5.05. The number of ether oxygens (including phenoxy) is 1. The van der Waals surface area contributed by atoms with Gasteiger partial charge in [-0.1, -0.05) is 42.0 Å². The molecule has 0 aliphatic heterocycles. The zero-order chi connectivity index (χ0) is 15.1. The van der Waals surface area contributed by atoms with Gasteiger partial charge in [-0.3, -0.25) is 4.79 Å². The highest BCUT2D eigenvalue weighted by molar-refractivity contribution is 6.30. The molecule has 0 radical (unpaired) electrons. The Labute approximate surface area is 129 Å². The quantitative estimate of drug-likeness (QED) is 0.450. The van der Waals surface area contributed by atoms with Crippen LogP contribution in [0.25, 0.3) is 6.08 Å². The molecular weight excluding hydrogens is 284 g/mol. The number of methoxy groups -OCH3 is 1. The Morgan fingerprint density at radius 2 is 1.67 bits per heavy atom. The third-order valence-corrected chi connectivity index (χ3v) is 3.14. The van der Waals surface area contributed by atoms with E-state index >= 15 is 0 Å². The van der Waals surface area contributed by atoms with E-state index in [1.165, 1.54) is 6.08 Å². The predicted molar refractivity (Wildman–Crippen MR) is 87.0 cm³/mol. The number of benzene rings is 2. The summed E-state index contributed by atoms with van der Waals surface area (Å²) in [6.07, 6.45) is 6.99. The maximum atomic E-state index is 11.9. The molecule has 0 bridgehead atoms. The van der Waals surface area contributed by atoms with Gasteiger partial charge >= 0.3 is 0 Å². The van der Waals surface area contributed by atoms with Gasteiger partial charge in [0.25, 0.3) is 0 Å². The van der Waals surface area contributed by atoms with Crippen molar-refractivity contribution in [2.45, 2.75) is 0 Å². The van der Waals surface area contributed by atoms with Crippen LogP contribution in [0.5, 0.6) is 5.75 Å².